The van der Waals surface area contributed by atoms with Gasteiger partial charge in [0, 0.05) is 10.5 Å². The van der Waals surface area contributed by atoms with E-state index in [-0.39, 0.29) is 0 Å². The van der Waals surface area contributed by atoms with E-state index in [2.05, 4.69) is 46.5 Å². The fraction of sp³-hybridized carbons (Fsp3) is 0.625. The van der Waals surface area contributed by atoms with Gasteiger partial charge in [0.2, 0.25) is 0 Å². The molecule has 19 heavy (non-hydrogen) atoms. The molecule has 3 rings (SSSR count). The van der Waals surface area contributed by atoms with Crippen molar-refractivity contribution in [2.24, 2.45) is 23.6 Å². The largest absolute Gasteiger partial charge is 0.271 e. The van der Waals surface area contributed by atoms with Crippen molar-refractivity contribution in [1.82, 2.24) is 5.43 Å². The molecule has 0 aliphatic heterocycles. The van der Waals surface area contributed by atoms with Gasteiger partial charge in [0.25, 0.3) is 0 Å². The molecule has 0 saturated heterocycles. The van der Waals surface area contributed by atoms with E-state index in [1.807, 2.05) is 0 Å². The Bertz CT molecular complexity index is 460. The molecule has 0 aromatic heterocycles. The topological polar surface area (TPSA) is 38.0 Å². The van der Waals surface area contributed by atoms with Crippen molar-refractivity contribution in [3.05, 3.63) is 33.8 Å². The highest BCUT2D eigenvalue weighted by Crippen LogP contribution is 2.51. The van der Waals surface area contributed by atoms with Crippen LogP contribution in [-0.2, 0) is 0 Å². The average Bonchev–Trinajstić information content (AvgIpc) is 2.99. The van der Waals surface area contributed by atoms with Crippen LogP contribution in [0, 0.1) is 24.7 Å². The SMILES string of the molecule is Cc1cc(Br)ccc1C(CC1CC2CCC1C2)NN. The molecule has 1 aromatic rings. The van der Waals surface area contributed by atoms with E-state index in [4.69, 9.17) is 5.84 Å². The molecule has 0 amide bonds. The summed E-state index contributed by atoms with van der Waals surface area (Å²) in [5.41, 5.74) is 5.72. The first-order chi connectivity index (χ1) is 9.17. The monoisotopic (exact) mass is 322 g/mol. The van der Waals surface area contributed by atoms with Crippen molar-refractivity contribution in [2.45, 2.75) is 45.1 Å². The number of aryl methyl sites for hydroxylation is 1. The molecule has 2 aliphatic carbocycles. The molecule has 0 radical (unpaired) electrons. The summed E-state index contributed by atoms with van der Waals surface area (Å²) >= 11 is 3.53. The van der Waals surface area contributed by atoms with Gasteiger partial charge in [-0.25, -0.2) is 0 Å². The first-order valence-corrected chi connectivity index (χ1v) is 8.19. The van der Waals surface area contributed by atoms with E-state index >= 15 is 0 Å². The number of hydrazine groups is 1. The van der Waals surface area contributed by atoms with Crippen molar-refractivity contribution >= 4 is 15.9 Å². The summed E-state index contributed by atoms with van der Waals surface area (Å²) in [7, 11) is 0. The van der Waals surface area contributed by atoms with Gasteiger partial charge >= 0.3 is 0 Å². The number of nitrogens with two attached hydrogens (primary N) is 1. The van der Waals surface area contributed by atoms with E-state index in [0.29, 0.717) is 6.04 Å². The zero-order valence-corrected chi connectivity index (χ0v) is 13.1. The normalized spacial score (nSPS) is 30.8. The molecule has 2 nitrogen and oxygen atoms in total. The van der Waals surface area contributed by atoms with E-state index in [0.717, 1.165) is 22.2 Å². The summed E-state index contributed by atoms with van der Waals surface area (Å²) < 4.78 is 1.14. The molecule has 0 spiro atoms. The molecule has 2 fully saturated rings. The molecule has 1 aromatic carbocycles. The zero-order valence-electron chi connectivity index (χ0n) is 11.5. The molecule has 3 heteroatoms. The molecule has 2 saturated carbocycles. The molecule has 2 aliphatic rings. The van der Waals surface area contributed by atoms with E-state index in [1.165, 1.54) is 43.2 Å². The number of fused-ring (bicyclic) bond motifs is 2. The summed E-state index contributed by atoms with van der Waals surface area (Å²) in [6.45, 7) is 2.17. The van der Waals surface area contributed by atoms with Crippen LogP contribution in [-0.4, -0.2) is 0 Å². The Kier molecular flexibility index (Phi) is 3.97. The highest BCUT2D eigenvalue weighted by Gasteiger charge is 2.40. The average molecular weight is 323 g/mol. The Morgan fingerprint density at radius 3 is 2.79 bits per heavy atom. The van der Waals surface area contributed by atoms with Gasteiger partial charge in [-0.15, -0.1) is 0 Å². The lowest BCUT2D eigenvalue weighted by atomic mass is 9.82. The molecule has 0 heterocycles. The van der Waals surface area contributed by atoms with E-state index < -0.39 is 0 Å². The highest BCUT2D eigenvalue weighted by molar-refractivity contribution is 9.10. The van der Waals surface area contributed by atoms with Crippen LogP contribution in [0.15, 0.2) is 22.7 Å². The van der Waals surface area contributed by atoms with Gasteiger partial charge in [-0.2, -0.15) is 0 Å². The second-order valence-corrected chi connectivity index (χ2v) is 7.31. The van der Waals surface area contributed by atoms with Crippen LogP contribution in [0.2, 0.25) is 0 Å². The number of hydrogen-bond donors (Lipinski definition) is 2. The molecule has 4 atom stereocenters. The zero-order chi connectivity index (χ0) is 13.4. The van der Waals surface area contributed by atoms with E-state index in [1.54, 1.807) is 0 Å². The van der Waals surface area contributed by atoms with Gasteiger partial charge in [-0.05, 0) is 73.6 Å². The maximum Gasteiger partial charge on any atom is 0.0465 e. The summed E-state index contributed by atoms with van der Waals surface area (Å²) in [6.07, 6.45) is 7.02. The molecule has 4 unspecified atom stereocenters. The molecular weight excluding hydrogens is 300 g/mol. The van der Waals surface area contributed by atoms with Crippen LogP contribution < -0.4 is 11.3 Å². The van der Waals surface area contributed by atoms with Gasteiger partial charge in [-0.1, -0.05) is 28.4 Å². The lowest BCUT2D eigenvalue weighted by Crippen LogP contribution is -2.31. The maximum absolute atomic E-state index is 5.83. The van der Waals surface area contributed by atoms with Crippen LogP contribution in [0.3, 0.4) is 0 Å². The third kappa shape index (κ3) is 2.74. The second-order valence-electron chi connectivity index (χ2n) is 6.39. The van der Waals surface area contributed by atoms with Crippen molar-refractivity contribution in [1.29, 1.82) is 0 Å². The highest BCUT2D eigenvalue weighted by atomic mass is 79.9. The minimum Gasteiger partial charge on any atom is -0.271 e. The Labute approximate surface area is 124 Å². The lowest BCUT2D eigenvalue weighted by molar-refractivity contribution is 0.280. The number of nitrogens with one attached hydrogen (secondary N) is 1. The van der Waals surface area contributed by atoms with Crippen LogP contribution >= 0.6 is 15.9 Å². The van der Waals surface area contributed by atoms with Crippen LogP contribution in [0.5, 0.6) is 0 Å². The molecule has 2 bridgehead atoms. The van der Waals surface area contributed by atoms with Crippen molar-refractivity contribution in [3.63, 3.8) is 0 Å². The fourth-order valence-corrected chi connectivity index (χ4v) is 4.76. The molecular formula is C16H23BrN2. The number of halogens is 1. The van der Waals surface area contributed by atoms with Crippen molar-refractivity contribution in [2.75, 3.05) is 0 Å². The smallest absolute Gasteiger partial charge is 0.0465 e. The van der Waals surface area contributed by atoms with Gasteiger partial charge in [0.05, 0.1) is 0 Å². The van der Waals surface area contributed by atoms with E-state index in [9.17, 15) is 0 Å². The quantitative estimate of drug-likeness (QED) is 0.647. The first kappa shape index (κ1) is 13.6. The van der Waals surface area contributed by atoms with Gasteiger partial charge in [-0.3, -0.25) is 11.3 Å². The van der Waals surface area contributed by atoms with Crippen molar-refractivity contribution < 1.29 is 0 Å². The molecule has 104 valence electrons. The standard InChI is InChI=1S/C16H23BrN2/c1-10-6-14(17)4-5-15(10)16(19-18)9-13-8-11-2-3-12(13)7-11/h4-6,11-13,16,19H,2-3,7-9,18H2,1H3. The summed E-state index contributed by atoms with van der Waals surface area (Å²) in [5.74, 6) is 8.69. The Morgan fingerprint density at radius 1 is 1.37 bits per heavy atom. The van der Waals surface area contributed by atoms with Crippen molar-refractivity contribution in [3.8, 4) is 0 Å². The third-order valence-corrected chi connectivity index (χ3v) is 5.72. The van der Waals surface area contributed by atoms with Crippen LogP contribution in [0.4, 0.5) is 0 Å². The fourth-order valence-electron chi connectivity index (χ4n) is 4.28. The van der Waals surface area contributed by atoms with Gasteiger partial charge in [0.1, 0.15) is 0 Å². The number of benzene rings is 1. The summed E-state index contributed by atoms with van der Waals surface area (Å²) in [4.78, 5) is 0. The Hall–Kier alpha value is -0.380. The number of hydrogen-bond acceptors (Lipinski definition) is 2. The summed E-state index contributed by atoms with van der Waals surface area (Å²) in [6, 6.07) is 6.81. The van der Waals surface area contributed by atoms with Gasteiger partial charge in [0.15, 0.2) is 0 Å². The van der Waals surface area contributed by atoms with Crippen LogP contribution in [0.1, 0.15) is 49.3 Å². The first-order valence-electron chi connectivity index (χ1n) is 7.39. The minimum absolute atomic E-state index is 0.303. The van der Waals surface area contributed by atoms with Gasteiger partial charge < -0.3 is 0 Å². The third-order valence-electron chi connectivity index (χ3n) is 5.23. The predicted octanol–water partition coefficient (Wildman–Crippen LogP) is 4.09. The second kappa shape index (κ2) is 5.55. The maximum atomic E-state index is 5.83. The number of rotatable bonds is 4. The minimum atomic E-state index is 0.303. The summed E-state index contributed by atoms with van der Waals surface area (Å²) in [5, 5.41) is 0. The Balaban J connectivity index is 1.73. The Morgan fingerprint density at radius 2 is 2.21 bits per heavy atom. The molecule has 3 N–H and O–H groups in total. The lowest BCUT2D eigenvalue weighted by Gasteiger charge is -2.27. The van der Waals surface area contributed by atoms with Crippen LogP contribution in [0.25, 0.3) is 0 Å². The predicted molar refractivity (Wildman–Crippen MR) is 82.5 cm³/mol.